The Bertz CT molecular complexity index is 683. The molecular formula is C15H17BrN4O2. The van der Waals surface area contributed by atoms with E-state index in [2.05, 4.69) is 36.4 Å². The molecule has 0 aromatic carbocycles. The number of H-pyrrole nitrogens is 1. The molecule has 0 unspecified atom stereocenters. The fourth-order valence-corrected chi connectivity index (χ4v) is 2.86. The van der Waals surface area contributed by atoms with Gasteiger partial charge in [-0.05, 0) is 41.9 Å². The Morgan fingerprint density at radius 2 is 2.32 bits per heavy atom. The van der Waals surface area contributed by atoms with Gasteiger partial charge in [0, 0.05) is 22.7 Å². The molecule has 22 heavy (non-hydrogen) atoms. The summed E-state index contributed by atoms with van der Waals surface area (Å²) in [5.74, 6) is -0.191. The van der Waals surface area contributed by atoms with Crippen molar-refractivity contribution in [3.63, 3.8) is 0 Å². The van der Waals surface area contributed by atoms with Gasteiger partial charge in [-0.1, -0.05) is 0 Å². The number of carbonyl (C=O) groups excluding carboxylic acids is 1. The van der Waals surface area contributed by atoms with Crippen LogP contribution in [-0.2, 0) is 17.7 Å². The summed E-state index contributed by atoms with van der Waals surface area (Å²) in [4.78, 5) is 16.6. The van der Waals surface area contributed by atoms with Crippen LogP contribution < -0.4 is 5.32 Å². The molecule has 0 bridgehead atoms. The van der Waals surface area contributed by atoms with Crippen LogP contribution in [0.4, 0.5) is 0 Å². The first-order chi connectivity index (χ1) is 10.5. The number of amides is 1. The number of fused-ring (bicyclic) bond motifs is 1. The number of hydrogen-bond acceptors (Lipinski definition) is 4. The summed E-state index contributed by atoms with van der Waals surface area (Å²) in [5.41, 5.74) is 3.10. The van der Waals surface area contributed by atoms with Crippen molar-refractivity contribution in [1.29, 1.82) is 0 Å². The monoisotopic (exact) mass is 364 g/mol. The van der Waals surface area contributed by atoms with E-state index in [1.807, 2.05) is 26.0 Å². The van der Waals surface area contributed by atoms with E-state index in [4.69, 9.17) is 4.74 Å². The predicted molar refractivity (Wildman–Crippen MR) is 84.4 cm³/mol. The van der Waals surface area contributed by atoms with Crippen LogP contribution >= 0.6 is 15.9 Å². The third-order valence-corrected chi connectivity index (χ3v) is 4.14. The van der Waals surface area contributed by atoms with E-state index < -0.39 is 0 Å². The molecule has 0 fully saturated rings. The van der Waals surface area contributed by atoms with E-state index in [-0.39, 0.29) is 18.1 Å². The number of ether oxygens (including phenoxy) is 1. The van der Waals surface area contributed by atoms with Crippen molar-refractivity contribution in [3.05, 3.63) is 45.4 Å². The van der Waals surface area contributed by atoms with Crippen LogP contribution in [-0.4, -0.2) is 27.2 Å². The van der Waals surface area contributed by atoms with Crippen LogP contribution in [0.2, 0.25) is 0 Å². The van der Waals surface area contributed by atoms with Gasteiger partial charge >= 0.3 is 0 Å². The lowest BCUT2D eigenvalue weighted by Crippen LogP contribution is -2.27. The highest BCUT2D eigenvalue weighted by molar-refractivity contribution is 9.10. The average molecular weight is 365 g/mol. The standard InChI is InChI=1S/C15H17BrN4O2/c1-8-5-12-13(9(2)22-8)19-20-14(12)15(21)18-7-11-4-3-10(16)6-17-11/h3-4,6,8-9H,5,7H2,1-2H3,(H,18,21)(H,19,20)/t8-,9+/m1/s1. The van der Waals surface area contributed by atoms with Gasteiger partial charge in [0.05, 0.1) is 30.1 Å². The molecule has 1 aliphatic heterocycles. The fourth-order valence-electron chi connectivity index (χ4n) is 2.63. The van der Waals surface area contributed by atoms with Crippen molar-refractivity contribution in [3.8, 4) is 0 Å². The molecule has 3 rings (SSSR count). The largest absolute Gasteiger partial charge is 0.369 e. The Hall–Kier alpha value is -1.73. The maximum Gasteiger partial charge on any atom is 0.272 e. The molecule has 0 aliphatic carbocycles. The van der Waals surface area contributed by atoms with Gasteiger partial charge < -0.3 is 10.1 Å². The molecule has 2 N–H and O–H groups in total. The van der Waals surface area contributed by atoms with E-state index in [1.165, 1.54) is 0 Å². The molecule has 0 saturated carbocycles. The van der Waals surface area contributed by atoms with Crippen molar-refractivity contribution in [2.24, 2.45) is 0 Å². The molecule has 0 saturated heterocycles. The molecule has 6 nitrogen and oxygen atoms in total. The highest BCUT2D eigenvalue weighted by Gasteiger charge is 2.29. The molecular weight excluding hydrogens is 348 g/mol. The number of hydrogen-bond donors (Lipinski definition) is 2. The Kier molecular flexibility index (Phi) is 4.26. The Morgan fingerprint density at radius 1 is 1.50 bits per heavy atom. The third kappa shape index (κ3) is 3.05. The lowest BCUT2D eigenvalue weighted by atomic mass is 9.99. The molecule has 2 aromatic heterocycles. The van der Waals surface area contributed by atoms with Gasteiger partial charge in [-0.25, -0.2) is 0 Å². The number of rotatable bonds is 3. The van der Waals surface area contributed by atoms with Crippen LogP contribution in [0.15, 0.2) is 22.8 Å². The van der Waals surface area contributed by atoms with Crippen LogP contribution in [0.3, 0.4) is 0 Å². The summed E-state index contributed by atoms with van der Waals surface area (Å²) in [7, 11) is 0. The summed E-state index contributed by atoms with van der Waals surface area (Å²) in [6.45, 7) is 4.33. The zero-order valence-electron chi connectivity index (χ0n) is 12.4. The average Bonchev–Trinajstić information content (AvgIpc) is 2.90. The minimum atomic E-state index is -0.191. The van der Waals surface area contributed by atoms with Crippen LogP contribution in [0.5, 0.6) is 0 Å². The van der Waals surface area contributed by atoms with E-state index in [0.29, 0.717) is 18.7 Å². The highest BCUT2D eigenvalue weighted by Crippen LogP contribution is 2.30. The lowest BCUT2D eigenvalue weighted by Gasteiger charge is -2.25. The van der Waals surface area contributed by atoms with Crippen molar-refractivity contribution >= 4 is 21.8 Å². The molecule has 116 valence electrons. The second-order valence-electron chi connectivity index (χ2n) is 5.41. The number of halogens is 1. The highest BCUT2D eigenvalue weighted by atomic mass is 79.9. The first-order valence-corrected chi connectivity index (χ1v) is 7.95. The van der Waals surface area contributed by atoms with E-state index >= 15 is 0 Å². The van der Waals surface area contributed by atoms with Gasteiger partial charge in [-0.3, -0.25) is 14.9 Å². The molecule has 1 aliphatic rings. The van der Waals surface area contributed by atoms with E-state index in [1.54, 1.807) is 6.20 Å². The second kappa shape index (κ2) is 6.18. The number of pyridine rings is 1. The third-order valence-electron chi connectivity index (χ3n) is 3.67. The number of carbonyl (C=O) groups is 1. The smallest absolute Gasteiger partial charge is 0.272 e. The summed E-state index contributed by atoms with van der Waals surface area (Å²) in [6, 6.07) is 3.76. The molecule has 7 heteroatoms. The second-order valence-corrected chi connectivity index (χ2v) is 6.32. The van der Waals surface area contributed by atoms with Crippen molar-refractivity contribution < 1.29 is 9.53 Å². The molecule has 0 spiro atoms. The number of aromatic nitrogens is 3. The topological polar surface area (TPSA) is 79.9 Å². The van der Waals surface area contributed by atoms with Gasteiger partial charge in [0.1, 0.15) is 0 Å². The number of aromatic amines is 1. The Morgan fingerprint density at radius 3 is 3.05 bits per heavy atom. The predicted octanol–water partition coefficient (Wildman–Crippen LogP) is 2.52. The summed E-state index contributed by atoms with van der Waals surface area (Å²) in [5, 5.41) is 9.95. The van der Waals surface area contributed by atoms with Crippen molar-refractivity contribution in [1.82, 2.24) is 20.5 Å². The molecule has 2 aromatic rings. The molecule has 0 radical (unpaired) electrons. The molecule has 3 heterocycles. The van der Waals surface area contributed by atoms with E-state index in [9.17, 15) is 4.79 Å². The summed E-state index contributed by atoms with van der Waals surface area (Å²) in [6.07, 6.45) is 2.41. The summed E-state index contributed by atoms with van der Waals surface area (Å²) < 4.78 is 6.64. The quantitative estimate of drug-likeness (QED) is 0.876. The van der Waals surface area contributed by atoms with Gasteiger partial charge in [-0.15, -0.1) is 0 Å². The zero-order chi connectivity index (χ0) is 15.7. The molecule has 1 amide bonds. The lowest BCUT2D eigenvalue weighted by molar-refractivity contribution is -0.00697. The maximum absolute atomic E-state index is 12.4. The SMILES string of the molecule is C[C@@H]1Cc2c(C(=O)NCc3ccc(Br)cn3)n[nH]c2[C@H](C)O1. The fraction of sp³-hybridized carbons (Fsp3) is 0.400. The van der Waals surface area contributed by atoms with Crippen LogP contribution in [0.1, 0.15) is 47.4 Å². The minimum Gasteiger partial charge on any atom is -0.369 e. The normalized spacial score (nSPS) is 20.5. The van der Waals surface area contributed by atoms with Gasteiger partial charge in [0.25, 0.3) is 5.91 Å². The zero-order valence-corrected chi connectivity index (χ0v) is 14.0. The van der Waals surface area contributed by atoms with Gasteiger partial charge in [0.2, 0.25) is 0 Å². The first-order valence-electron chi connectivity index (χ1n) is 7.16. The number of nitrogens with zero attached hydrogens (tertiary/aromatic N) is 2. The van der Waals surface area contributed by atoms with E-state index in [0.717, 1.165) is 21.4 Å². The Balaban J connectivity index is 1.72. The van der Waals surface area contributed by atoms with Crippen LogP contribution in [0.25, 0.3) is 0 Å². The number of nitrogens with one attached hydrogen (secondary N) is 2. The molecule has 2 atom stereocenters. The first kappa shape index (κ1) is 15.2. The van der Waals surface area contributed by atoms with Gasteiger partial charge in [-0.2, -0.15) is 5.10 Å². The summed E-state index contributed by atoms with van der Waals surface area (Å²) >= 11 is 3.33. The Labute approximate surface area is 136 Å². The maximum atomic E-state index is 12.4. The van der Waals surface area contributed by atoms with Crippen molar-refractivity contribution in [2.75, 3.05) is 0 Å². The minimum absolute atomic E-state index is 0.0686. The van der Waals surface area contributed by atoms with Crippen LogP contribution in [0, 0.1) is 0 Å². The van der Waals surface area contributed by atoms with Gasteiger partial charge in [0.15, 0.2) is 5.69 Å². The van der Waals surface area contributed by atoms with Crippen molar-refractivity contribution in [2.45, 2.75) is 39.0 Å².